The fraction of sp³-hybridized carbons (Fsp3) is 0.269. The Bertz CT molecular complexity index is 1370. The standard InChI is InChI=1S/C26H26ClF3N2O4S/c1-4-31(5-2)26(33)36-16-18-14-20(28)8-12-23(18)17(3)32(25-15-21(29)9-13-24(25)30)37(34,35)22-10-6-19(27)7-11-22/h6-15,17H,4-5,16H2,1-3H3/t17-/m1/s1. The third-order valence-corrected chi connectivity index (χ3v) is 7.95. The number of benzene rings is 3. The molecule has 0 N–H and O–H groups in total. The van der Waals surface area contributed by atoms with E-state index in [4.69, 9.17) is 16.3 Å². The summed E-state index contributed by atoms with van der Waals surface area (Å²) in [5.74, 6) is -2.48. The van der Waals surface area contributed by atoms with E-state index in [9.17, 15) is 26.4 Å². The molecule has 1 amide bonds. The molecule has 0 aliphatic heterocycles. The molecule has 0 fully saturated rings. The van der Waals surface area contributed by atoms with E-state index in [0.29, 0.717) is 13.1 Å². The molecule has 0 bridgehead atoms. The van der Waals surface area contributed by atoms with Crippen molar-refractivity contribution < 1.29 is 31.1 Å². The minimum Gasteiger partial charge on any atom is -0.445 e. The molecule has 0 unspecified atom stereocenters. The first-order valence-corrected chi connectivity index (χ1v) is 13.3. The second-order valence-corrected chi connectivity index (χ2v) is 10.3. The minimum absolute atomic E-state index is 0.168. The largest absolute Gasteiger partial charge is 0.445 e. The highest BCUT2D eigenvalue weighted by atomic mass is 35.5. The number of rotatable bonds is 9. The number of amides is 1. The molecule has 3 aromatic carbocycles. The minimum atomic E-state index is -4.48. The first kappa shape index (κ1) is 28.3. The highest BCUT2D eigenvalue weighted by Gasteiger charge is 2.34. The van der Waals surface area contributed by atoms with Crippen molar-refractivity contribution in [2.75, 3.05) is 17.4 Å². The average molecular weight is 555 g/mol. The lowest BCUT2D eigenvalue weighted by molar-refractivity contribution is 0.0994. The van der Waals surface area contributed by atoms with E-state index < -0.39 is 45.3 Å². The third-order valence-electron chi connectivity index (χ3n) is 5.80. The zero-order chi connectivity index (χ0) is 27.3. The molecule has 0 saturated heterocycles. The molecule has 3 rings (SSSR count). The Balaban J connectivity index is 2.13. The van der Waals surface area contributed by atoms with Crippen LogP contribution in [0.4, 0.5) is 23.7 Å². The number of anilines is 1. The number of carbonyl (C=O) groups excluding carboxylic acids is 1. The van der Waals surface area contributed by atoms with Gasteiger partial charge in [0.2, 0.25) is 0 Å². The van der Waals surface area contributed by atoms with Crippen LogP contribution in [-0.4, -0.2) is 32.5 Å². The van der Waals surface area contributed by atoms with Crippen LogP contribution in [0.25, 0.3) is 0 Å². The topological polar surface area (TPSA) is 66.9 Å². The predicted octanol–water partition coefficient (Wildman–Crippen LogP) is 6.69. The van der Waals surface area contributed by atoms with E-state index in [1.807, 2.05) is 0 Å². The fourth-order valence-corrected chi connectivity index (χ4v) is 5.63. The van der Waals surface area contributed by atoms with Gasteiger partial charge in [0.25, 0.3) is 10.0 Å². The molecule has 6 nitrogen and oxygen atoms in total. The van der Waals surface area contributed by atoms with Crippen LogP contribution in [0.3, 0.4) is 0 Å². The number of hydrogen-bond donors (Lipinski definition) is 0. The Kier molecular flexibility index (Phi) is 9.09. The molecule has 0 radical (unpaired) electrons. The molecular weight excluding hydrogens is 529 g/mol. The monoisotopic (exact) mass is 554 g/mol. The maximum atomic E-state index is 15.0. The highest BCUT2D eigenvalue weighted by molar-refractivity contribution is 7.92. The van der Waals surface area contributed by atoms with Gasteiger partial charge in [-0.25, -0.2) is 26.4 Å². The number of sulfonamides is 1. The van der Waals surface area contributed by atoms with Crippen molar-refractivity contribution in [3.63, 3.8) is 0 Å². The van der Waals surface area contributed by atoms with Crippen molar-refractivity contribution in [2.45, 2.75) is 38.3 Å². The van der Waals surface area contributed by atoms with Gasteiger partial charge in [-0.15, -0.1) is 0 Å². The molecule has 0 spiro atoms. The fourth-order valence-electron chi connectivity index (χ4n) is 3.87. The van der Waals surface area contributed by atoms with Crippen molar-refractivity contribution in [1.29, 1.82) is 0 Å². The van der Waals surface area contributed by atoms with Crippen LogP contribution in [0.15, 0.2) is 65.6 Å². The summed E-state index contributed by atoms with van der Waals surface area (Å²) < 4.78 is 76.9. The summed E-state index contributed by atoms with van der Waals surface area (Å²) >= 11 is 5.90. The van der Waals surface area contributed by atoms with Gasteiger partial charge < -0.3 is 9.64 Å². The second-order valence-electron chi connectivity index (χ2n) is 8.10. The van der Waals surface area contributed by atoms with E-state index >= 15 is 0 Å². The van der Waals surface area contributed by atoms with Gasteiger partial charge in [-0.1, -0.05) is 17.7 Å². The zero-order valence-electron chi connectivity index (χ0n) is 20.4. The quantitative estimate of drug-likeness (QED) is 0.295. The van der Waals surface area contributed by atoms with Crippen molar-refractivity contribution in [3.8, 4) is 0 Å². The van der Waals surface area contributed by atoms with E-state index in [-0.39, 0.29) is 27.7 Å². The molecule has 0 heterocycles. The van der Waals surface area contributed by atoms with Crippen LogP contribution < -0.4 is 4.31 Å². The summed E-state index contributed by atoms with van der Waals surface area (Å²) in [5.41, 5.74) is -0.145. The van der Waals surface area contributed by atoms with Gasteiger partial charge >= 0.3 is 6.09 Å². The van der Waals surface area contributed by atoms with Crippen LogP contribution in [0.1, 0.15) is 37.9 Å². The molecule has 3 aromatic rings. The first-order chi connectivity index (χ1) is 17.5. The first-order valence-electron chi connectivity index (χ1n) is 11.4. The molecular formula is C26H26ClF3N2O4S. The number of ether oxygens (including phenoxy) is 1. The molecule has 0 aliphatic carbocycles. The second kappa shape index (κ2) is 11.9. The lowest BCUT2D eigenvalue weighted by Crippen LogP contribution is -2.35. The van der Waals surface area contributed by atoms with Crippen LogP contribution in [0, 0.1) is 17.5 Å². The summed E-state index contributed by atoms with van der Waals surface area (Å²) in [4.78, 5) is 13.6. The summed E-state index contributed by atoms with van der Waals surface area (Å²) in [5, 5.41) is 0.284. The van der Waals surface area contributed by atoms with Gasteiger partial charge in [0.1, 0.15) is 24.1 Å². The third kappa shape index (κ3) is 6.37. The summed E-state index contributed by atoms with van der Waals surface area (Å²) in [6, 6.07) is 10.0. The molecule has 1 atom stereocenters. The van der Waals surface area contributed by atoms with Crippen molar-refractivity contribution in [2.24, 2.45) is 0 Å². The van der Waals surface area contributed by atoms with Gasteiger partial charge in [-0.2, -0.15) is 0 Å². The number of halogens is 4. The molecule has 11 heteroatoms. The Labute approximate surface area is 219 Å². The molecule has 0 aromatic heterocycles. The van der Waals surface area contributed by atoms with Crippen LogP contribution in [-0.2, 0) is 21.4 Å². The zero-order valence-corrected chi connectivity index (χ0v) is 22.0. The summed E-state index contributed by atoms with van der Waals surface area (Å²) in [6.45, 7) is 5.41. The van der Waals surface area contributed by atoms with E-state index in [0.717, 1.165) is 34.6 Å². The Morgan fingerprint density at radius 3 is 2.16 bits per heavy atom. The van der Waals surface area contributed by atoms with Gasteiger partial charge in [0, 0.05) is 24.2 Å². The van der Waals surface area contributed by atoms with E-state index in [1.165, 1.54) is 42.2 Å². The summed E-state index contributed by atoms with van der Waals surface area (Å²) in [6.07, 6.45) is -0.630. The maximum absolute atomic E-state index is 15.0. The van der Waals surface area contributed by atoms with Gasteiger partial charge in [0.15, 0.2) is 0 Å². The molecule has 0 aliphatic rings. The average Bonchev–Trinajstić information content (AvgIpc) is 2.86. The Morgan fingerprint density at radius 1 is 0.946 bits per heavy atom. The lowest BCUT2D eigenvalue weighted by Gasteiger charge is -2.32. The van der Waals surface area contributed by atoms with Gasteiger partial charge in [0.05, 0.1) is 16.6 Å². The maximum Gasteiger partial charge on any atom is 0.410 e. The molecule has 37 heavy (non-hydrogen) atoms. The van der Waals surface area contributed by atoms with Crippen molar-refractivity contribution >= 4 is 33.4 Å². The van der Waals surface area contributed by atoms with Crippen LogP contribution in [0.2, 0.25) is 5.02 Å². The van der Waals surface area contributed by atoms with Crippen molar-refractivity contribution in [3.05, 3.63) is 94.3 Å². The number of carbonyl (C=O) groups is 1. The SMILES string of the molecule is CCN(CC)C(=O)OCc1cc(F)ccc1[C@@H](C)N(c1cc(F)ccc1F)S(=O)(=O)c1ccc(Cl)cc1. The van der Waals surface area contributed by atoms with Crippen LogP contribution in [0.5, 0.6) is 0 Å². The number of hydrogen-bond acceptors (Lipinski definition) is 4. The van der Waals surface area contributed by atoms with Gasteiger partial charge in [-0.3, -0.25) is 4.31 Å². The molecule has 0 saturated carbocycles. The highest BCUT2D eigenvalue weighted by Crippen LogP contribution is 2.37. The van der Waals surface area contributed by atoms with Crippen LogP contribution >= 0.6 is 11.6 Å². The number of nitrogens with zero attached hydrogens (tertiary/aromatic N) is 2. The van der Waals surface area contributed by atoms with Crippen molar-refractivity contribution in [1.82, 2.24) is 4.90 Å². The smallest absolute Gasteiger partial charge is 0.410 e. The normalized spacial score (nSPS) is 12.2. The van der Waals surface area contributed by atoms with E-state index in [1.54, 1.807) is 13.8 Å². The molecule has 198 valence electrons. The predicted molar refractivity (Wildman–Crippen MR) is 135 cm³/mol. The van der Waals surface area contributed by atoms with Gasteiger partial charge in [-0.05, 0) is 80.4 Å². The lowest BCUT2D eigenvalue weighted by atomic mass is 10.0. The summed E-state index contributed by atoms with van der Waals surface area (Å²) in [7, 11) is -4.48. The Hall–Kier alpha value is -3.24. The van der Waals surface area contributed by atoms with E-state index in [2.05, 4.69) is 0 Å². The Morgan fingerprint density at radius 2 is 1.54 bits per heavy atom.